The van der Waals surface area contributed by atoms with Crippen LogP contribution in [0.2, 0.25) is 0 Å². The van der Waals surface area contributed by atoms with Gasteiger partial charge < -0.3 is 59.8 Å². The summed E-state index contributed by atoms with van der Waals surface area (Å²) in [4.78, 5) is 14.8. The van der Waals surface area contributed by atoms with Crippen LogP contribution in [0.4, 0.5) is 0 Å². The van der Waals surface area contributed by atoms with Crippen molar-refractivity contribution < 1.29 is 64.6 Å². The van der Waals surface area contributed by atoms with Gasteiger partial charge in [-0.1, -0.05) is 46.3 Å². The molecule has 7 aliphatic rings. The fraction of sp³-hybridized carbons (Fsp3) is 0.929. The Bertz CT molecular complexity index is 1460. The van der Waals surface area contributed by atoms with Crippen molar-refractivity contribution in [3.8, 4) is 0 Å². The molecule has 7 fully saturated rings. The Morgan fingerprint density at radius 2 is 1.38 bits per heavy atom. The summed E-state index contributed by atoms with van der Waals surface area (Å²) in [6, 6.07) is 0. The summed E-state index contributed by atoms with van der Waals surface area (Å²) in [5, 5.41) is 83.5. The first-order chi connectivity index (χ1) is 25.7. The van der Waals surface area contributed by atoms with Crippen LogP contribution < -0.4 is 0 Å². The van der Waals surface area contributed by atoms with Crippen LogP contribution in [0.1, 0.15) is 106 Å². The van der Waals surface area contributed by atoms with Crippen molar-refractivity contribution in [2.45, 2.75) is 180 Å². The minimum atomic E-state index is -1.55. The van der Waals surface area contributed by atoms with Crippen LogP contribution in [0.25, 0.3) is 0 Å². The maximum atomic E-state index is 14.8. The van der Waals surface area contributed by atoms with E-state index in [9.17, 15) is 45.6 Å². The minimum absolute atomic E-state index is 0.0504. The second-order valence-electron chi connectivity index (χ2n) is 20.1. The molecule has 55 heavy (non-hydrogen) atoms. The average molecular weight is 781 g/mol. The number of hydrogen-bond donors (Lipinski definition) is 8. The van der Waals surface area contributed by atoms with E-state index in [1.807, 2.05) is 0 Å². The molecule has 2 heterocycles. The second kappa shape index (κ2) is 14.6. The quantitative estimate of drug-likeness (QED) is 0.118. The molecular weight excluding hydrogens is 712 g/mol. The van der Waals surface area contributed by atoms with Crippen LogP contribution >= 0.6 is 0 Å². The summed E-state index contributed by atoms with van der Waals surface area (Å²) in [5.74, 6) is 0.295. The zero-order valence-corrected chi connectivity index (χ0v) is 33.7. The van der Waals surface area contributed by atoms with Gasteiger partial charge in [-0.2, -0.15) is 0 Å². The molecule has 2 saturated heterocycles. The molecule has 0 radical (unpaired) electrons. The molecule has 2 aliphatic heterocycles. The lowest BCUT2D eigenvalue weighted by atomic mass is 9.41. The molecule has 8 N–H and O–H groups in total. The minimum Gasteiger partial charge on any atom is -0.394 e. The average Bonchev–Trinajstić information content (AvgIpc) is 3.71. The molecule has 7 rings (SSSR count). The molecule has 0 amide bonds. The molecule has 0 bridgehead atoms. The van der Waals surface area contributed by atoms with Crippen LogP contribution in [0.15, 0.2) is 11.6 Å². The lowest BCUT2D eigenvalue weighted by molar-refractivity contribution is -0.325. The zero-order chi connectivity index (χ0) is 40.2. The van der Waals surface area contributed by atoms with Crippen molar-refractivity contribution in [3.63, 3.8) is 0 Å². The van der Waals surface area contributed by atoms with Crippen molar-refractivity contribution in [1.29, 1.82) is 0 Å². The first-order valence-corrected chi connectivity index (χ1v) is 20.8. The Kier molecular flexibility index (Phi) is 11.2. The lowest BCUT2D eigenvalue weighted by Crippen LogP contribution is -2.63. The van der Waals surface area contributed by atoms with Gasteiger partial charge in [-0.25, -0.2) is 0 Å². The number of aliphatic hydroxyl groups excluding tert-OH is 8. The summed E-state index contributed by atoms with van der Waals surface area (Å²) in [6.45, 7) is 14.2. The van der Waals surface area contributed by atoms with Crippen molar-refractivity contribution in [3.05, 3.63) is 11.6 Å². The predicted octanol–water partition coefficient (Wildman–Crippen LogP) is 1.97. The van der Waals surface area contributed by atoms with Crippen LogP contribution in [-0.4, -0.2) is 133 Å². The molecule has 20 atom stereocenters. The smallest absolute Gasteiger partial charge is 0.186 e. The number of fused-ring (bicyclic) bond motifs is 2. The van der Waals surface area contributed by atoms with Gasteiger partial charge in [0.2, 0.25) is 0 Å². The van der Waals surface area contributed by atoms with Gasteiger partial charge in [-0.05, 0) is 105 Å². The highest BCUT2D eigenvalue weighted by Gasteiger charge is 2.84. The number of Topliss-reactive ketones (excluding diaryl/α,β-unsaturated/α-hetero) is 1. The van der Waals surface area contributed by atoms with Gasteiger partial charge >= 0.3 is 0 Å². The number of rotatable bonds is 10. The van der Waals surface area contributed by atoms with Gasteiger partial charge in [0.25, 0.3) is 0 Å². The molecule has 0 aromatic carbocycles. The Morgan fingerprint density at radius 3 is 1.95 bits per heavy atom. The molecule has 0 aromatic heterocycles. The second-order valence-corrected chi connectivity index (χ2v) is 20.1. The van der Waals surface area contributed by atoms with Crippen molar-refractivity contribution >= 4 is 5.78 Å². The highest BCUT2D eigenvalue weighted by Crippen LogP contribution is 2.88. The van der Waals surface area contributed by atoms with Gasteiger partial charge in [-0.3, -0.25) is 4.79 Å². The summed E-state index contributed by atoms with van der Waals surface area (Å²) in [7, 11) is 0. The zero-order valence-electron chi connectivity index (χ0n) is 33.7. The van der Waals surface area contributed by atoms with Gasteiger partial charge in [0, 0.05) is 17.8 Å². The van der Waals surface area contributed by atoms with E-state index in [2.05, 4.69) is 54.5 Å². The summed E-state index contributed by atoms with van der Waals surface area (Å²) in [6.07, 6.45) is -5.14. The maximum Gasteiger partial charge on any atom is 0.186 e. The fourth-order valence-electron chi connectivity index (χ4n) is 14.0. The highest BCUT2D eigenvalue weighted by molar-refractivity contribution is 5.86. The van der Waals surface area contributed by atoms with Gasteiger partial charge in [-0.15, -0.1) is 0 Å². The van der Waals surface area contributed by atoms with E-state index in [-0.39, 0.29) is 57.2 Å². The Morgan fingerprint density at radius 1 is 0.800 bits per heavy atom. The van der Waals surface area contributed by atoms with E-state index in [4.69, 9.17) is 18.9 Å². The normalized spacial score (nSPS) is 53.4. The number of aliphatic hydroxyl groups is 8. The van der Waals surface area contributed by atoms with Gasteiger partial charge in [0.05, 0.1) is 25.4 Å². The van der Waals surface area contributed by atoms with Crippen LogP contribution in [0.3, 0.4) is 0 Å². The van der Waals surface area contributed by atoms with Crippen LogP contribution in [0.5, 0.6) is 0 Å². The number of ether oxygens (including phenoxy) is 4. The van der Waals surface area contributed by atoms with E-state index in [0.717, 1.165) is 38.5 Å². The monoisotopic (exact) mass is 780 g/mol. The largest absolute Gasteiger partial charge is 0.394 e. The van der Waals surface area contributed by atoms with E-state index in [0.29, 0.717) is 19.3 Å². The Hall–Kier alpha value is -1.07. The first-order valence-electron chi connectivity index (χ1n) is 20.8. The van der Waals surface area contributed by atoms with Crippen molar-refractivity contribution in [2.75, 3.05) is 13.2 Å². The van der Waals surface area contributed by atoms with Gasteiger partial charge in [0.1, 0.15) is 54.6 Å². The number of hydrogen-bond acceptors (Lipinski definition) is 13. The third-order valence-corrected chi connectivity index (χ3v) is 16.9. The Balaban J connectivity index is 1.17. The molecule has 13 unspecified atom stereocenters. The lowest BCUT2D eigenvalue weighted by Gasteiger charge is -2.63. The van der Waals surface area contributed by atoms with E-state index in [1.54, 1.807) is 0 Å². The summed E-state index contributed by atoms with van der Waals surface area (Å²) >= 11 is 0. The SMILES string of the molecule is CC(C)=CCC[C@H](C)C1[C@@H](OC2OC(CO)C(O)C(O)C2O)CC2(C)[C@@H]3CC(=O)C4C(C)(C)[C@@H](OC5OC(CO)C(O)C(O)C5O)CC[C@@]45C[C@@]35CC[C@]12C. The predicted molar refractivity (Wildman–Crippen MR) is 198 cm³/mol. The Labute approximate surface area is 325 Å². The van der Waals surface area contributed by atoms with E-state index in [1.165, 1.54) is 5.57 Å². The molecule has 5 aliphatic carbocycles. The van der Waals surface area contributed by atoms with Crippen LogP contribution in [-0.2, 0) is 23.7 Å². The standard InChI is InChI=1S/C42H68O13/c1-20(2)9-8-10-21(3)28-23(52-36-33(50)31(48)29(46)24(17-43)53-36)16-40(7)26-15-22(45)35-38(4,5)27(55-37-34(51)32(49)30(47)25(18-44)54-37)11-12-42(35)19-41(26,42)14-13-39(28,40)6/h9,21,23-37,43-44,46-51H,8,10-19H2,1-7H3/t21-,23-,24?,25?,26-,27-,28?,29?,30?,31?,32?,33?,34?,35?,36?,37?,39+,40?,41-,42+/m0/s1. The van der Waals surface area contributed by atoms with Gasteiger partial charge in [0.15, 0.2) is 12.6 Å². The number of carbonyl (C=O) groups is 1. The summed E-state index contributed by atoms with van der Waals surface area (Å²) in [5.41, 5.74) is -0.166. The molecule has 13 nitrogen and oxygen atoms in total. The van der Waals surface area contributed by atoms with E-state index >= 15 is 0 Å². The molecule has 13 heteroatoms. The highest BCUT2D eigenvalue weighted by atomic mass is 16.7. The third-order valence-electron chi connectivity index (χ3n) is 16.9. The molecular formula is C42H68O13. The fourth-order valence-corrected chi connectivity index (χ4v) is 14.0. The first kappa shape index (κ1) is 42.1. The maximum absolute atomic E-state index is 14.8. The topological polar surface area (TPSA) is 216 Å². The van der Waals surface area contributed by atoms with Crippen LogP contribution in [0, 0.1) is 50.7 Å². The third kappa shape index (κ3) is 6.19. The molecule has 2 spiro atoms. The van der Waals surface area contributed by atoms with E-state index < -0.39 is 86.1 Å². The number of carbonyl (C=O) groups excluding carboxylic acids is 1. The van der Waals surface area contributed by atoms with Crippen molar-refractivity contribution in [1.82, 2.24) is 0 Å². The molecule has 5 saturated carbocycles. The molecule has 0 aromatic rings. The molecule has 314 valence electrons. The summed E-state index contributed by atoms with van der Waals surface area (Å²) < 4.78 is 24.8. The van der Waals surface area contributed by atoms with Crippen molar-refractivity contribution in [2.24, 2.45) is 50.7 Å². The number of allylic oxidation sites excluding steroid dienone is 2. The number of ketones is 1.